The second kappa shape index (κ2) is 5.45. The molecule has 0 fully saturated rings. The van der Waals surface area contributed by atoms with Gasteiger partial charge in [-0.25, -0.2) is 4.52 Å². The van der Waals surface area contributed by atoms with Crippen molar-refractivity contribution in [2.24, 2.45) is 0 Å². The van der Waals surface area contributed by atoms with E-state index >= 15 is 0 Å². The molecule has 22 heavy (non-hydrogen) atoms. The summed E-state index contributed by atoms with van der Waals surface area (Å²) in [6.45, 7) is 0. The molecular weight excluding hydrogens is 308 g/mol. The number of nitro benzene ring substituents is 1. The highest BCUT2D eigenvalue weighted by Crippen LogP contribution is 2.23. The van der Waals surface area contributed by atoms with E-state index in [1.165, 1.54) is 12.1 Å². The van der Waals surface area contributed by atoms with Crippen LogP contribution in [0.15, 0.2) is 48.8 Å². The van der Waals surface area contributed by atoms with Gasteiger partial charge in [-0.2, -0.15) is 5.10 Å². The number of hydrogen-bond acceptors (Lipinski definition) is 4. The third-order valence-corrected chi connectivity index (χ3v) is 3.39. The van der Waals surface area contributed by atoms with Gasteiger partial charge in [0.2, 0.25) is 0 Å². The van der Waals surface area contributed by atoms with Gasteiger partial charge in [0.05, 0.1) is 21.0 Å². The average Bonchev–Trinajstić information content (AvgIpc) is 2.94. The lowest BCUT2D eigenvalue weighted by atomic mass is 10.2. The summed E-state index contributed by atoms with van der Waals surface area (Å²) in [5.74, 6) is -0.516. The van der Waals surface area contributed by atoms with Crippen LogP contribution in [0, 0.1) is 10.1 Å². The molecule has 0 aliphatic rings. The van der Waals surface area contributed by atoms with Crippen molar-refractivity contribution in [2.45, 2.75) is 0 Å². The number of carbonyl (C=O) groups excluding carboxylic acids is 1. The van der Waals surface area contributed by atoms with Crippen molar-refractivity contribution in [1.29, 1.82) is 0 Å². The molecule has 2 aromatic heterocycles. The Morgan fingerprint density at radius 2 is 2.09 bits per heavy atom. The Morgan fingerprint density at radius 3 is 2.86 bits per heavy atom. The molecule has 0 radical (unpaired) electrons. The van der Waals surface area contributed by atoms with Crippen molar-refractivity contribution < 1.29 is 9.72 Å². The molecule has 0 saturated heterocycles. The molecule has 0 aliphatic carbocycles. The van der Waals surface area contributed by atoms with Crippen LogP contribution >= 0.6 is 11.6 Å². The van der Waals surface area contributed by atoms with Gasteiger partial charge in [0.15, 0.2) is 0 Å². The Morgan fingerprint density at radius 1 is 1.27 bits per heavy atom. The minimum Gasteiger partial charge on any atom is -0.322 e. The molecular formula is C14H9ClN4O3. The number of hydrogen-bond donors (Lipinski definition) is 1. The Balaban J connectivity index is 1.90. The fourth-order valence-electron chi connectivity index (χ4n) is 2.00. The molecule has 0 atom stereocenters. The Bertz CT molecular complexity index is 891. The largest absolute Gasteiger partial charge is 0.322 e. The zero-order valence-electron chi connectivity index (χ0n) is 11.1. The predicted molar refractivity (Wildman–Crippen MR) is 81.3 cm³/mol. The van der Waals surface area contributed by atoms with Crippen LogP contribution in [0.5, 0.6) is 0 Å². The van der Waals surface area contributed by atoms with Crippen molar-refractivity contribution in [3.63, 3.8) is 0 Å². The maximum Gasteiger partial charge on any atom is 0.270 e. The second-order valence-electron chi connectivity index (χ2n) is 4.49. The summed E-state index contributed by atoms with van der Waals surface area (Å²) >= 11 is 5.94. The molecule has 0 spiro atoms. The van der Waals surface area contributed by atoms with Crippen LogP contribution in [0.1, 0.15) is 10.4 Å². The van der Waals surface area contributed by atoms with E-state index in [1.807, 2.05) is 0 Å². The molecule has 2 heterocycles. The molecule has 7 nitrogen and oxygen atoms in total. The third-order valence-electron chi connectivity index (χ3n) is 3.06. The number of anilines is 1. The number of pyridine rings is 1. The van der Waals surface area contributed by atoms with E-state index < -0.39 is 10.8 Å². The standard InChI is InChI=1S/C14H9ClN4O3/c15-13-2-1-11(19(21)22)8-12(13)14(20)17-9-4-6-18-10(7-9)3-5-16-18/h1-8H,(H,17,20). The van der Waals surface area contributed by atoms with Crippen LogP contribution in [0.3, 0.4) is 0 Å². The molecule has 110 valence electrons. The quantitative estimate of drug-likeness (QED) is 0.593. The molecule has 8 heteroatoms. The zero-order valence-corrected chi connectivity index (χ0v) is 11.8. The van der Waals surface area contributed by atoms with Crippen LogP contribution in [0.4, 0.5) is 11.4 Å². The number of nitrogens with zero attached hydrogens (tertiary/aromatic N) is 3. The number of carbonyl (C=O) groups is 1. The molecule has 3 aromatic rings. The van der Waals surface area contributed by atoms with E-state index in [0.29, 0.717) is 5.69 Å². The molecule has 0 saturated carbocycles. The zero-order chi connectivity index (χ0) is 15.7. The first-order valence-corrected chi connectivity index (χ1v) is 6.61. The van der Waals surface area contributed by atoms with E-state index in [1.54, 1.807) is 35.1 Å². The number of nitro groups is 1. The molecule has 3 rings (SSSR count). The number of benzene rings is 1. The van der Waals surface area contributed by atoms with Crippen LogP contribution in [-0.4, -0.2) is 20.4 Å². The Hall–Kier alpha value is -2.93. The van der Waals surface area contributed by atoms with Crippen LogP contribution in [-0.2, 0) is 0 Å². The van der Waals surface area contributed by atoms with E-state index in [4.69, 9.17) is 11.6 Å². The first-order chi connectivity index (χ1) is 10.5. The number of fused-ring (bicyclic) bond motifs is 1. The van der Waals surface area contributed by atoms with Gasteiger partial charge in [0, 0.05) is 30.2 Å². The SMILES string of the molecule is O=C(Nc1ccn2nccc2c1)c1cc([N+](=O)[O-])ccc1Cl. The highest BCUT2D eigenvalue weighted by Gasteiger charge is 2.16. The molecule has 0 bridgehead atoms. The smallest absolute Gasteiger partial charge is 0.270 e. The summed E-state index contributed by atoms with van der Waals surface area (Å²) in [7, 11) is 0. The first kappa shape index (κ1) is 14.0. The summed E-state index contributed by atoms with van der Waals surface area (Å²) in [4.78, 5) is 22.4. The number of aromatic nitrogens is 2. The van der Waals surface area contributed by atoms with Crippen LogP contribution in [0.25, 0.3) is 5.52 Å². The highest BCUT2D eigenvalue weighted by molar-refractivity contribution is 6.34. The van der Waals surface area contributed by atoms with E-state index in [2.05, 4.69) is 10.4 Å². The number of amides is 1. The van der Waals surface area contributed by atoms with Crippen molar-refractivity contribution in [1.82, 2.24) is 9.61 Å². The van der Waals surface area contributed by atoms with Gasteiger partial charge in [-0.05, 0) is 24.3 Å². The summed E-state index contributed by atoms with van der Waals surface area (Å²) < 4.78 is 1.65. The van der Waals surface area contributed by atoms with Gasteiger partial charge < -0.3 is 5.32 Å². The van der Waals surface area contributed by atoms with Gasteiger partial charge in [0.1, 0.15) is 0 Å². The number of non-ortho nitro benzene ring substituents is 1. The van der Waals surface area contributed by atoms with Gasteiger partial charge >= 0.3 is 0 Å². The maximum atomic E-state index is 12.2. The maximum absolute atomic E-state index is 12.2. The third kappa shape index (κ3) is 2.61. The lowest BCUT2D eigenvalue weighted by Crippen LogP contribution is -2.13. The second-order valence-corrected chi connectivity index (χ2v) is 4.90. The summed E-state index contributed by atoms with van der Waals surface area (Å²) in [6.07, 6.45) is 3.33. The number of rotatable bonds is 3. The number of halogens is 1. The van der Waals surface area contributed by atoms with Gasteiger partial charge in [-0.3, -0.25) is 14.9 Å². The van der Waals surface area contributed by atoms with Gasteiger partial charge in [-0.15, -0.1) is 0 Å². The fourth-order valence-corrected chi connectivity index (χ4v) is 2.20. The molecule has 1 N–H and O–H groups in total. The normalized spacial score (nSPS) is 10.6. The van der Waals surface area contributed by atoms with Crippen LogP contribution < -0.4 is 5.32 Å². The van der Waals surface area contributed by atoms with Crippen LogP contribution in [0.2, 0.25) is 5.02 Å². The van der Waals surface area contributed by atoms with Crippen molar-refractivity contribution in [3.8, 4) is 0 Å². The van der Waals surface area contributed by atoms with E-state index in [9.17, 15) is 14.9 Å². The summed E-state index contributed by atoms with van der Waals surface area (Å²) in [5.41, 5.74) is 1.20. The van der Waals surface area contributed by atoms with Crippen molar-refractivity contribution in [2.75, 3.05) is 5.32 Å². The molecule has 1 amide bonds. The van der Waals surface area contributed by atoms with E-state index in [0.717, 1.165) is 11.6 Å². The van der Waals surface area contributed by atoms with E-state index in [-0.39, 0.29) is 16.3 Å². The lowest BCUT2D eigenvalue weighted by molar-refractivity contribution is -0.384. The van der Waals surface area contributed by atoms with Gasteiger partial charge in [-0.1, -0.05) is 11.6 Å². The lowest BCUT2D eigenvalue weighted by Gasteiger charge is -2.07. The number of nitrogens with one attached hydrogen (secondary N) is 1. The minimum atomic E-state index is -0.578. The summed E-state index contributed by atoms with van der Waals surface area (Å²) in [5, 5.41) is 17.6. The fraction of sp³-hybridized carbons (Fsp3) is 0. The summed E-state index contributed by atoms with van der Waals surface area (Å²) in [6, 6.07) is 8.91. The highest BCUT2D eigenvalue weighted by atomic mass is 35.5. The van der Waals surface area contributed by atoms with Gasteiger partial charge in [0.25, 0.3) is 11.6 Å². The predicted octanol–water partition coefficient (Wildman–Crippen LogP) is 3.15. The Kier molecular flexibility index (Phi) is 3.48. The van der Waals surface area contributed by atoms with Crippen molar-refractivity contribution in [3.05, 3.63) is 69.5 Å². The topological polar surface area (TPSA) is 89.5 Å². The monoisotopic (exact) mass is 316 g/mol. The molecule has 1 aromatic carbocycles. The Labute approximate surface area is 129 Å². The first-order valence-electron chi connectivity index (χ1n) is 6.23. The molecule has 0 aliphatic heterocycles. The molecule has 0 unspecified atom stereocenters. The minimum absolute atomic E-state index is 0.0456. The van der Waals surface area contributed by atoms with Crippen molar-refractivity contribution >= 4 is 34.4 Å². The average molecular weight is 317 g/mol.